The number of halogens is 3. The molecule has 1 amide bonds. The second-order valence-corrected chi connectivity index (χ2v) is 5.69. The highest BCUT2D eigenvalue weighted by Crippen LogP contribution is 2.33. The number of aromatic nitrogens is 3. The number of fused-ring (bicyclic) bond motifs is 1. The molecule has 2 rings (SSSR count). The van der Waals surface area contributed by atoms with Crippen molar-refractivity contribution < 1.29 is 18.3 Å². The Balaban J connectivity index is 2.56. The molecular weight excluding hydrogens is 320 g/mol. The van der Waals surface area contributed by atoms with Gasteiger partial charge in [0.2, 0.25) is 5.95 Å². The van der Waals surface area contributed by atoms with Crippen molar-refractivity contribution in [3.63, 3.8) is 0 Å². The van der Waals surface area contributed by atoms with Gasteiger partial charge in [-0.05, 0) is 20.8 Å². The van der Waals surface area contributed by atoms with Crippen LogP contribution in [-0.4, -0.2) is 26.9 Å². The number of nitrogens with two attached hydrogens (primary N) is 1. The van der Waals surface area contributed by atoms with Crippen molar-refractivity contribution in [3.8, 4) is 0 Å². The first-order valence-electron chi connectivity index (χ1n) is 6.06. The Morgan fingerprint density at radius 2 is 1.86 bits per heavy atom. The Bertz CT molecular complexity index is 763. The Kier molecular flexibility index (Phi) is 4.01. The van der Waals surface area contributed by atoms with Crippen LogP contribution in [0.15, 0.2) is 0 Å². The van der Waals surface area contributed by atoms with Gasteiger partial charge in [0.15, 0.2) is 11.6 Å². The van der Waals surface area contributed by atoms with Gasteiger partial charge >= 0.3 is 6.09 Å². The van der Waals surface area contributed by atoms with E-state index in [9.17, 15) is 13.6 Å². The average Bonchev–Trinajstić information content (AvgIpc) is 2.39. The molecule has 7 nitrogen and oxygen atoms in total. The molecule has 0 unspecified atom stereocenters. The second kappa shape index (κ2) is 5.48. The lowest BCUT2D eigenvalue weighted by Gasteiger charge is -2.20. The summed E-state index contributed by atoms with van der Waals surface area (Å²) in [5, 5.41) is 8.23. The summed E-state index contributed by atoms with van der Waals surface area (Å²) < 4.78 is 33.0. The van der Waals surface area contributed by atoms with Crippen LogP contribution in [0.5, 0.6) is 0 Å². The van der Waals surface area contributed by atoms with Crippen LogP contribution in [0.4, 0.5) is 25.2 Å². The van der Waals surface area contributed by atoms with Crippen LogP contribution in [0.25, 0.3) is 11.0 Å². The fraction of sp³-hybridized carbons (Fsp3) is 0.333. The van der Waals surface area contributed by atoms with Crippen LogP contribution in [0.3, 0.4) is 0 Å². The van der Waals surface area contributed by atoms with Crippen molar-refractivity contribution >= 4 is 40.4 Å². The number of ether oxygens (including phenoxy) is 1. The van der Waals surface area contributed by atoms with Gasteiger partial charge in [-0.1, -0.05) is 11.6 Å². The Morgan fingerprint density at radius 1 is 1.23 bits per heavy atom. The first kappa shape index (κ1) is 16.1. The molecular formula is C12H12ClF2N5O2. The summed E-state index contributed by atoms with van der Waals surface area (Å²) in [7, 11) is 0. The molecule has 3 N–H and O–H groups in total. The van der Waals surface area contributed by atoms with Crippen LogP contribution >= 0.6 is 11.6 Å². The summed E-state index contributed by atoms with van der Waals surface area (Å²) in [5.74, 6) is -2.68. The van der Waals surface area contributed by atoms with Crippen LogP contribution < -0.4 is 11.1 Å². The molecule has 0 saturated heterocycles. The van der Waals surface area contributed by atoms with Crippen molar-refractivity contribution in [2.75, 3.05) is 11.1 Å². The van der Waals surface area contributed by atoms with Gasteiger partial charge in [0, 0.05) is 0 Å². The first-order valence-corrected chi connectivity index (χ1v) is 6.44. The Morgan fingerprint density at radius 3 is 2.45 bits per heavy atom. The van der Waals surface area contributed by atoms with E-state index in [4.69, 9.17) is 22.1 Å². The third-order valence-corrected chi connectivity index (χ3v) is 2.71. The quantitative estimate of drug-likeness (QED) is 0.779. The van der Waals surface area contributed by atoms with Gasteiger partial charge in [0.05, 0.1) is 0 Å². The van der Waals surface area contributed by atoms with Crippen molar-refractivity contribution in [2.45, 2.75) is 26.4 Å². The van der Waals surface area contributed by atoms with E-state index < -0.39 is 39.6 Å². The van der Waals surface area contributed by atoms with E-state index in [1.54, 1.807) is 20.8 Å². The molecule has 1 heterocycles. The fourth-order valence-electron chi connectivity index (χ4n) is 1.59. The SMILES string of the molecule is CC(C)(C)OC(=O)Nc1c(F)c(Cl)c(F)c2nc(N)nnc12. The molecule has 0 saturated carbocycles. The standard InChI is InChI=1S/C12H12ClF2N5O2/c1-12(2,3)22-11(21)18-8-6(15)4(13)5(14)7-9(8)19-20-10(16)17-7/h1-3H3,(H,18,21)(H2,16,17,20). The van der Waals surface area contributed by atoms with E-state index in [1.807, 2.05) is 0 Å². The number of nitrogen functional groups attached to an aromatic ring is 1. The normalized spacial score (nSPS) is 11.5. The zero-order valence-corrected chi connectivity index (χ0v) is 12.6. The number of benzene rings is 1. The molecule has 0 atom stereocenters. The number of amides is 1. The number of nitrogens with zero attached hydrogens (tertiary/aromatic N) is 3. The third-order valence-electron chi connectivity index (χ3n) is 2.38. The first-order chi connectivity index (χ1) is 10.1. The Labute approximate surface area is 128 Å². The number of anilines is 2. The highest BCUT2D eigenvalue weighted by molar-refractivity contribution is 6.32. The molecule has 0 aliphatic rings. The predicted octanol–water partition coefficient (Wildman–Crippen LogP) is 2.89. The summed E-state index contributed by atoms with van der Waals surface area (Å²) in [5.41, 5.74) is 3.27. The lowest BCUT2D eigenvalue weighted by molar-refractivity contribution is 0.0635. The summed E-state index contributed by atoms with van der Waals surface area (Å²) in [6.45, 7) is 4.88. The van der Waals surface area contributed by atoms with Crippen molar-refractivity contribution in [1.29, 1.82) is 0 Å². The van der Waals surface area contributed by atoms with Gasteiger partial charge in [-0.2, -0.15) is 0 Å². The molecule has 0 spiro atoms. The monoisotopic (exact) mass is 331 g/mol. The van der Waals surface area contributed by atoms with E-state index in [0.29, 0.717) is 0 Å². The second-order valence-electron chi connectivity index (χ2n) is 5.31. The van der Waals surface area contributed by atoms with Crippen molar-refractivity contribution in [1.82, 2.24) is 15.2 Å². The number of carbonyl (C=O) groups is 1. The molecule has 1 aromatic heterocycles. The number of hydrogen-bond donors (Lipinski definition) is 2. The summed E-state index contributed by atoms with van der Waals surface area (Å²) >= 11 is 5.56. The van der Waals surface area contributed by atoms with Crippen LogP contribution in [0, 0.1) is 11.6 Å². The molecule has 10 heteroatoms. The maximum atomic E-state index is 14.1. The largest absolute Gasteiger partial charge is 0.444 e. The molecule has 0 fully saturated rings. The van der Waals surface area contributed by atoms with Gasteiger partial charge in [-0.25, -0.2) is 18.6 Å². The minimum Gasteiger partial charge on any atom is -0.444 e. The molecule has 1 aromatic carbocycles. The number of hydrogen-bond acceptors (Lipinski definition) is 6. The smallest absolute Gasteiger partial charge is 0.412 e. The van der Waals surface area contributed by atoms with Gasteiger partial charge in [0.25, 0.3) is 0 Å². The van der Waals surface area contributed by atoms with Crippen LogP contribution in [0.1, 0.15) is 20.8 Å². The topological polar surface area (TPSA) is 103 Å². The lowest BCUT2D eigenvalue weighted by atomic mass is 10.2. The molecule has 0 aliphatic heterocycles. The highest BCUT2D eigenvalue weighted by atomic mass is 35.5. The number of rotatable bonds is 1. The maximum Gasteiger partial charge on any atom is 0.412 e. The minimum absolute atomic E-state index is 0.322. The maximum absolute atomic E-state index is 14.1. The van der Waals surface area contributed by atoms with Gasteiger partial charge in [-0.3, -0.25) is 5.32 Å². The van der Waals surface area contributed by atoms with E-state index in [0.717, 1.165) is 0 Å². The highest BCUT2D eigenvalue weighted by Gasteiger charge is 2.25. The fourth-order valence-corrected chi connectivity index (χ4v) is 1.78. The minimum atomic E-state index is -1.21. The van der Waals surface area contributed by atoms with E-state index in [2.05, 4.69) is 20.5 Å². The van der Waals surface area contributed by atoms with Crippen molar-refractivity contribution in [2.24, 2.45) is 0 Å². The third kappa shape index (κ3) is 3.14. The number of nitrogens with one attached hydrogen (secondary N) is 1. The molecule has 0 radical (unpaired) electrons. The molecule has 2 aromatic rings. The van der Waals surface area contributed by atoms with Gasteiger partial charge in [-0.15, -0.1) is 10.2 Å². The summed E-state index contributed by atoms with van der Waals surface area (Å²) in [6, 6.07) is 0. The van der Waals surface area contributed by atoms with E-state index >= 15 is 0 Å². The molecule has 22 heavy (non-hydrogen) atoms. The number of carbonyl (C=O) groups excluding carboxylic acids is 1. The molecule has 118 valence electrons. The van der Waals surface area contributed by atoms with Gasteiger partial charge < -0.3 is 10.5 Å². The van der Waals surface area contributed by atoms with Crippen molar-refractivity contribution in [3.05, 3.63) is 16.7 Å². The van der Waals surface area contributed by atoms with Crippen LogP contribution in [-0.2, 0) is 4.74 Å². The summed E-state index contributed by atoms with van der Waals surface area (Å²) in [6.07, 6.45) is -0.964. The lowest BCUT2D eigenvalue weighted by Crippen LogP contribution is -2.27. The van der Waals surface area contributed by atoms with E-state index in [1.165, 1.54) is 0 Å². The molecule has 0 aliphatic carbocycles. The molecule has 0 bridgehead atoms. The zero-order valence-electron chi connectivity index (χ0n) is 11.9. The predicted molar refractivity (Wildman–Crippen MR) is 76.5 cm³/mol. The average molecular weight is 332 g/mol. The summed E-state index contributed by atoms with van der Waals surface area (Å²) in [4.78, 5) is 15.4. The Hall–Kier alpha value is -2.29. The van der Waals surface area contributed by atoms with Gasteiger partial charge in [0.1, 0.15) is 27.3 Å². The van der Waals surface area contributed by atoms with E-state index in [-0.39, 0.29) is 11.5 Å². The van der Waals surface area contributed by atoms with Crippen LogP contribution in [0.2, 0.25) is 5.02 Å². The zero-order chi connectivity index (χ0) is 16.7.